The zero-order valence-corrected chi connectivity index (χ0v) is 10.1. The summed E-state index contributed by atoms with van der Waals surface area (Å²) in [6, 6.07) is 2.68. The summed E-state index contributed by atoms with van der Waals surface area (Å²) in [6.45, 7) is 0. The molecule has 108 valence electrons. The van der Waals surface area contributed by atoms with Crippen molar-refractivity contribution in [3.63, 3.8) is 0 Å². The van der Waals surface area contributed by atoms with Gasteiger partial charge in [0.25, 0.3) is 5.91 Å². The van der Waals surface area contributed by atoms with E-state index in [2.05, 4.69) is 0 Å². The number of amides is 2. The van der Waals surface area contributed by atoms with E-state index in [-0.39, 0.29) is 24.1 Å². The molecule has 0 spiro atoms. The molecule has 0 atom stereocenters. The maximum atomic E-state index is 13.1. The monoisotopic (exact) mass is 290 g/mol. The predicted molar refractivity (Wildman–Crippen MR) is 61.3 cm³/mol. The van der Waals surface area contributed by atoms with Gasteiger partial charge in [-0.1, -0.05) is 0 Å². The van der Waals surface area contributed by atoms with Crippen molar-refractivity contribution < 1.29 is 27.2 Å². The van der Waals surface area contributed by atoms with Crippen molar-refractivity contribution >= 4 is 17.5 Å². The number of alkyl halides is 3. The lowest BCUT2D eigenvalue weighted by atomic mass is 10.0. The lowest BCUT2D eigenvalue weighted by Gasteiger charge is -2.19. The topological polar surface area (TPSA) is 72.2 Å². The van der Waals surface area contributed by atoms with Crippen molar-refractivity contribution in [1.29, 1.82) is 0 Å². The Hall–Kier alpha value is -2.12. The van der Waals surface area contributed by atoms with Crippen LogP contribution in [0.5, 0.6) is 0 Å². The fraction of sp³-hybridized carbons (Fsp3) is 0.333. The van der Waals surface area contributed by atoms with Crippen molar-refractivity contribution in [2.45, 2.75) is 19.0 Å². The van der Waals surface area contributed by atoms with Gasteiger partial charge in [-0.05, 0) is 31.0 Å². The highest BCUT2D eigenvalue weighted by Gasteiger charge is 2.68. The molecule has 1 aliphatic rings. The number of carbonyl (C=O) groups excluding carboxylic acids is 2. The van der Waals surface area contributed by atoms with Crippen LogP contribution in [0.25, 0.3) is 0 Å². The van der Waals surface area contributed by atoms with Crippen LogP contribution >= 0.6 is 0 Å². The number of halogens is 4. The van der Waals surface area contributed by atoms with Crippen molar-refractivity contribution in [3.8, 4) is 0 Å². The fourth-order valence-corrected chi connectivity index (χ4v) is 1.84. The molecular weight excluding hydrogens is 280 g/mol. The minimum Gasteiger partial charge on any atom is -0.366 e. The second-order valence-corrected chi connectivity index (χ2v) is 4.59. The Balaban J connectivity index is 2.29. The van der Waals surface area contributed by atoms with Gasteiger partial charge in [0.15, 0.2) is 0 Å². The first-order valence-corrected chi connectivity index (χ1v) is 5.65. The fourth-order valence-electron chi connectivity index (χ4n) is 1.84. The highest BCUT2D eigenvalue weighted by Crippen LogP contribution is 2.58. The van der Waals surface area contributed by atoms with Crippen LogP contribution in [0.4, 0.5) is 23.2 Å². The minimum absolute atomic E-state index is 0.252. The average molecular weight is 290 g/mol. The van der Waals surface area contributed by atoms with Gasteiger partial charge in [-0.15, -0.1) is 0 Å². The van der Waals surface area contributed by atoms with Crippen LogP contribution in [0.15, 0.2) is 18.2 Å². The van der Waals surface area contributed by atoms with Gasteiger partial charge in [-0.3, -0.25) is 9.59 Å². The summed E-state index contributed by atoms with van der Waals surface area (Å²) in [4.78, 5) is 22.8. The second kappa shape index (κ2) is 4.46. The lowest BCUT2D eigenvalue weighted by molar-refractivity contribution is -0.189. The Labute approximate surface area is 110 Å². The molecule has 0 aliphatic heterocycles. The van der Waals surface area contributed by atoms with E-state index >= 15 is 0 Å². The van der Waals surface area contributed by atoms with E-state index in [1.807, 2.05) is 5.32 Å². The van der Waals surface area contributed by atoms with Crippen molar-refractivity contribution in [2.75, 3.05) is 5.32 Å². The van der Waals surface area contributed by atoms with Crippen LogP contribution in [0.3, 0.4) is 0 Å². The molecule has 1 aromatic rings. The molecule has 4 nitrogen and oxygen atoms in total. The van der Waals surface area contributed by atoms with Crippen LogP contribution < -0.4 is 11.1 Å². The highest BCUT2D eigenvalue weighted by molar-refractivity contribution is 6.05. The summed E-state index contributed by atoms with van der Waals surface area (Å²) in [6.07, 6.45) is -5.34. The first kappa shape index (κ1) is 14.3. The molecule has 1 aliphatic carbocycles. The van der Waals surface area contributed by atoms with E-state index in [1.54, 1.807) is 0 Å². The van der Waals surface area contributed by atoms with E-state index in [1.165, 1.54) is 0 Å². The number of nitrogens with two attached hydrogens (primary N) is 1. The molecule has 1 saturated carbocycles. The summed E-state index contributed by atoms with van der Waals surface area (Å²) in [5.74, 6) is -3.09. The Morgan fingerprint density at radius 2 is 1.85 bits per heavy atom. The van der Waals surface area contributed by atoms with Crippen molar-refractivity contribution in [3.05, 3.63) is 29.6 Å². The predicted octanol–water partition coefficient (Wildman–Crippen LogP) is 2.21. The number of rotatable bonds is 3. The number of anilines is 1. The van der Waals surface area contributed by atoms with Gasteiger partial charge in [-0.25, -0.2) is 4.39 Å². The minimum atomic E-state index is -4.68. The third-order valence-electron chi connectivity index (χ3n) is 3.22. The smallest absolute Gasteiger partial charge is 0.366 e. The number of carbonyl (C=O) groups is 2. The molecule has 0 bridgehead atoms. The van der Waals surface area contributed by atoms with Gasteiger partial charge >= 0.3 is 6.18 Å². The van der Waals surface area contributed by atoms with Crippen LogP contribution in [0.2, 0.25) is 0 Å². The number of benzene rings is 1. The quantitative estimate of drug-likeness (QED) is 0.838. The van der Waals surface area contributed by atoms with Gasteiger partial charge < -0.3 is 11.1 Å². The van der Waals surface area contributed by atoms with Crippen LogP contribution in [0.1, 0.15) is 23.2 Å². The zero-order valence-electron chi connectivity index (χ0n) is 10.1. The SMILES string of the molecule is NC(=O)c1ccc(F)cc1NC(=O)C1(C(F)(F)F)CC1. The molecule has 0 unspecified atom stereocenters. The normalized spacial score (nSPS) is 16.6. The van der Waals surface area contributed by atoms with Crippen molar-refractivity contribution in [1.82, 2.24) is 0 Å². The van der Waals surface area contributed by atoms with E-state index in [4.69, 9.17) is 5.73 Å². The summed E-state index contributed by atoms with van der Waals surface area (Å²) in [5.41, 5.74) is 1.95. The summed E-state index contributed by atoms with van der Waals surface area (Å²) >= 11 is 0. The van der Waals surface area contributed by atoms with E-state index in [0.29, 0.717) is 0 Å². The Bertz CT molecular complexity index is 579. The standard InChI is InChI=1S/C12H10F4N2O2/c13-6-1-2-7(9(17)19)8(5-6)18-10(20)11(3-4-11)12(14,15)16/h1-2,5H,3-4H2,(H2,17,19)(H,18,20). The average Bonchev–Trinajstić information content (AvgIpc) is 3.08. The van der Waals surface area contributed by atoms with Crippen molar-refractivity contribution in [2.24, 2.45) is 11.1 Å². The van der Waals surface area contributed by atoms with E-state index in [9.17, 15) is 27.2 Å². The molecule has 2 rings (SSSR count). The third kappa shape index (κ3) is 2.33. The van der Waals surface area contributed by atoms with Gasteiger partial charge in [-0.2, -0.15) is 13.2 Å². The number of nitrogens with one attached hydrogen (secondary N) is 1. The van der Waals surface area contributed by atoms with Crippen LogP contribution in [-0.2, 0) is 4.79 Å². The highest BCUT2D eigenvalue weighted by atomic mass is 19.4. The number of hydrogen-bond donors (Lipinski definition) is 2. The first-order chi connectivity index (χ1) is 9.17. The Morgan fingerprint density at radius 1 is 1.25 bits per heavy atom. The van der Waals surface area contributed by atoms with Gasteiger partial charge in [0.05, 0.1) is 11.3 Å². The van der Waals surface area contributed by atoms with Gasteiger partial charge in [0.1, 0.15) is 11.2 Å². The molecule has 1 aromatic carbocycles. The molecule has 0 aromatic heterocycles. The Morgan fingerprint density at radius 3 is 2.30 bits per heavy atom. The van der Waals surface area contributed by atoms with E-state index < -0.39 is 29.2 Å². The number of hydrogen-bond acceptors (Lipinski definition) is 2. The summed E-state index contributed by atoms with van der Waals surface area (Å²) < 4.78 is 51.4. The first-order valence-electron chi connectivity index (χ1n) is 5.65. The molecule has 8 heteroatoms. The molecule has 20 heavy (non-hydrogen) atoms. The largest absolute Gasteiger partial charge is 0.403 e. The molecule has 2 amide bonds. The van der Waals surface area contributed by atoms with Crippen LogP contribution in [-0.4, -0.2) is 18.0 Å². The zero-order chi connectivity index (χ0) is 15.1. The molecule has 0 radical (unpaired) electrons. The molecule has 3 N–H and O–H groups in total. The van der Waals surface area contributed by atoms with Gasteiger partial charge in [0, 0.05) is 0 Å². The maximum absolute atomic E-state index is 13.1. The molecule has 0 saturated heterocycles. The van der Waals surface area contributed by atoms with Gasteiger partial charge in [0.2, 0.25) is 5.91 Å². The lowest BCUT2D eigenvalue weighted by Crippen LogP contribution is -2.37. The maximum Gasteiger partial charge on any atom is 0.403 e. The molecule has 0 heterocycles. The summed E-state index contributed by atoms with van der Waals surface area (Å²) in [5, 5.41) is 1.94. The van der Waals surface area contributed by atoms with Crippen LogP contribution in [0, 0.1) is 11.2 Å². The van der Waals surface area contributed by atoms with E-state index in [0.717, 1.165) is 18.2 Å². The third-order valence-corrected chi connectivity index (χ3v) is 3.22. The second-order valence-electron chi connectivity index (χ2n) is 4.59. The summed E-state index contributed by atoms with van der Waals surface area (Å²) in [7, 11) is 0. The molecule has 1 fully saturated rings. The number of primary amides is 1. The molecular formula is C12H10F4N2O2. The Kier molecular flexibility index (Phi) is 3.19.